The van der Waals surface area contributed by atoms with E-state index in [9.17, 15) is 0 Å². The number of hydrogen-bond donors (Lipinski definition) is 1. The third-order valence-corrected chi connectivity index (χ3v) is 3.11. The van der Waals surface area contributed by atoms with E-state index in [1.54, 1.807) is 12.1 Å². The van der Waals surface area contributed by atoms with Gasteiger partial charge in [0, 0.05) is 6.04 Å². The van der Waals surface area contributed by atoms with Crippen LogP contribution < -0.4 is 10.1 Å². The largest absolute Gasteiger partial charge is 0.489 e. The lowest BCUT2D eigenvalue weighted by atomic mass is 10.2. The standard InChI is InChI=1S/C11H13Cl2NO/c12-9-4-1-5-10(13)11(9)15-7-8-3-2-6-14-8/h1,4-5,8,14H,2-3,6-7H2. The fourth-order valence-corrected chi connectivity index (χ4v) is 2.21. The van der Waals surface area contributed by atoms with E-state index in [-0.39, 0.29) is 0 Å². The first-order chi connectivity index (χ1) is 7.27. The average Bonchev–Trinajstić information content (AvgIpc) is 2.70. The summed E-state index contributed by atoms with van der Waals surface area (Å²) >= 11 is 12.0. The molecule has 1 heterocycles. The molecule has 2 nitrogen and oxygen atoms in total. The van der Waals surface area contributed by atoms with Crippen LogP contribution in [0.15, 0.2) is 18.2 Å². The first kappa shape index (κ1) is 11.1. The summed E-state index contributed by atoms with van der Waals surface area (Å²) in [6, 6.07) is 5.80. The second-order valence-corrected chi connectivity index (χ2v) is 4.47. The molecule has 1 unspecified atom stereocenters. The Balaban J connectivity index is 1.97. The van der Waals surface area contributed by atoms with E-state index in [4.69, 9.17) is 27.9 Å². The number of ether oxygens (including phenoxy) is 1. The van der Waals surface area contributed by atoms with Gasteiger partial charge in [-0.2, -0.15) is 0 Å². The summed E-state index contributed by atoms with van der Waals surface area (Å²) in [5, 5.41) is 4.49. The van der Waals surface area contributed by atoms with Crippen LogP contribution in [0.2, 0.25) is 10.0 Å². The van der Waals surface area contributed by atoms with Crippen molar-refractivity contribution < 1.29 is 4.74 Å². The summed E-state index contributed by atoms with van der Waals surface area (Å²) in [4.78, 5) is 0. The summed E-state index contributed by atoms with van der Waals surface area (Å²) in [5.74, 6) is 0.592. The van der Waals surface area contributed by atoms with E-state index < -0.39 is 0 Å². The van der Waals surface area contributed by atoms with Gasteiger partial charge in [0.1, 0.15) is 6.61 Å². The fraction of sp³-hybridized carbons (Fsp3) is 0.455. The second-order valence-electron chi connectivity index (χ2n) is 3.66. The highest BCUT2D eigenvalue weighted by Crippen LogP contribution is 2.32. The van der Waals surface area contributed by atoms with Gasteiger partial charge in [0.05, 0.1) is 10.0 Å². The summed E-state index contributed by atoms with van der Waals surface area (Å²) in [6.45, 7) is 1.70. The van der Waals surface area contributed by atoms with Crippen molar-refractivity contribution in [2.24, 2.45) is 0 Å². The van der Waals surface area contributed by atoms with E-state index in [2.05, 4.69) is 5.32 Å². The lowest BCUT2D eigenvalue weighted by Crippen LogP contribution is -2.28. The zero-order chi connectivity index (χ0) is 10.7. The number of benzene rings is 1. The Labute approximate surface area is 99.5 Å². The van der Waals surface area contributed by atoms with Gasteiger partial charge >= 0.3 is 0 Å². The molecule has 1 N–H and O–H groups in total. The molecule has 1 saturated heterocycles. The van der Waals surface area contributed by atoms with Crippen LogP contribution in [-0.4, -0.2) is 19.2 Å². The van der Waals surface area contributed by atoms with Crippen LogP contribution in [0.4, 0.5) is 0 Å². The number of nitrogens with one attached hydrogen (secondary N) is 1. The lowest BCUT2D eigenvalue weighted by molar-refractivity contribution is 0.277. The zero-order valence-corrected chi connectivity index (χ0v) is 9.81. The van der Waals surface area contributed by atoms with Crippen molar-refractivity contribution in [2.45, 2.75) is 18.9 Å². The van der Waals surface area contributed by atoms with Crippen LogP contribution in [-0.2, 0) is 0 Å². The van der Waals surface area contributed by atoms with Crippen molar-refractivity contribution in [2.75, 3.05) is 13.2 Å². The first-order valence-electron chi connectivity index (χ1n) is 5.07. The Hall–Kier alpha value is -0.440. The summed E-state index contributed by atoms with van der Waals surface area (Å²) in [6.07, 6.45) is 2.37. The normalized spacial score (nSPS) is 20.5. The van der Waals surface area contributed by atoms with Gasteiger partial charge in [0.15, 0.2) is 5.75 Å². The van der Waals surface area contributed by atoms with Gasteiger partial charge in [-0.1, -0.05) is 29.3 Å². The highest BCUT2D eigenvalue weighted by atomic mass is 35.5. The van der Waals surface area contributed by atoms with Gasteiger partial charge in [0.25, 0.3) is 0 Å². The molecule has 0 spiro atoms. The minimum absolute atomic E-state index is 0.428. The highest BCUT2D eigenvalue weighted by molar-refractivity contribution is 6.37. The Kier molecular flexibility index (Phi) is 3.73. The SMILES string of the molecule is Clc1cccc(Cl)c1OCC1CCCN1. The minimum Gasteiger partial charge on any atom is -0.489 e. The van der Waals surface area contributed by atoms with E-state index >= 15 is 0 Å². The maximum atomic E-state index is 5.99. The average molecular weight is 246 g/mol. The molecule has 82 valence electrons. The van der Waals surface area contributed by atoms with E-state index in [1.165, 1.54) is 6.42 Å². The smallest absolute Gasteiger partial charge is 0.156 e. The first-order valence-corrected chi connectivity index (χ1v) is 5.83. The van der Waals surface area contributed by atoms with Crippen molar-refractivity contribution >= 4 is 23.2 Å². The molecule has 0 amide bonds. The van der Waals surface area contributed by atoms with Crippen LogP contribution >= 0.6 is 23.2 Å². The number of halogens is 2. The van der Waals surface area contributed by atoms with E-state index in [0.717, 1.165) is 13.0 Å². The molecule has 0 aromatic heterocycles. The molecule has 1 atom stereocenters. The van der Waals surface area contributed by atoms with Gasteiger partial charge in [0.2, 0.25) is 0 Å². The number of rotatable bonds is 3. The van der Waals surface area contributed by atoms with Crippen LogP contribution in [0.5, 0.6) is 5.75 Å². The minimum atomic E-state index is 0.428. The molecule has 0 bridgehead atoms. The van der Waals surface area contributed by atoms with E-state index in [0.29, 0.717) is 28.4 Å². The molecule has 0 radical (unpaired) electrons. The predicted molar refractivity (Wildman–Crippen MR) is 63.0 cm³/mol. The predicted octanol–water partition coefficient (Wildman–Crippen LogP) is 3.12. The van der Waals surface area contributed by atoms with Gasteiger partial charge in [-0.05, 0) is 31.5 Å². The molecule has 1 aromatic carbocycles. The molecule has 1 aliphatic heterocycles. The zero-order valence-electron chi connectivity index (χ0n) is 8.30. The Morgan fingerprint density at radius 2 is 2.07 bits per heavy atom. The van der Waals surface area contributed by atoms with Crippen molar-refractivity contribution in [3.05, 3.63) is 28.2 Å². The molecule has 2 rings (SSSR count). The fourth-order valence-electron chi connectivity index (χ4n) is 1.70. The summed E-state index contributed by atoms with van der Waals surface area (Å²) in [5.41, 5.74) is 0. The van der Waals surface area contributed by atoms with Crippen molar-refractivity contribution in [1.29, 1.82) is 0 Å². The number of para-hydroxylation sites is 1. The quantitative estimate of drug-likeness (QED) is 0.884. The van der Waals surface area contributed by atoms with Crippen LogP contribution in [0.25, 0.3) is 0 Å². The third-order valence-electron chi connectivity index (χ3n) is 2.51. The van der Waals surface area contributed by atoms with Crippen LogP contribution in [0, 0.1) is 0 Å². The Morgan fingerprint density at radius 3 is 2.67 bits per heavy atom. The van der Waals surface area contributed by atoms with Gasteiger partial charge in [-0.3, -0.25) is 0 Å². The lowest BCUT2D eigenvalue weighted by Gasteiger charge is -2.13. The molecule has 0 saturated carbocycles. The van der Waals surface area contributed by atoms with Gasteiger partial charge in [-0.25, -0.2) is 0 Å². The Morgan fingerprint density at radius 1 is 1.33 bits per heavy atom. The third kappa shape index (κ3) is 2.77. The monoisotopic (exact) mass is 245 g/mol. The molecule has 1 aliphatic rings. The maximum absolute atomic E-state index is 5.99. The molecular weight excluding hydrogens is 233 g/mol. The topological polar surface area (TPSA) is 21.3 Å². The highest BCUT2D eigenvalue weighted by Gasteiger charge is 2.16. The summed E-state index contributed by atoms with van der Waals surface area (Å²) < 4.78 is 5.63. The summed E-state index contributed by atoms with van der Waals surface area (Å²) in [7, 11) is 0. The second kappa shape index (κ2) is 5.06. The molecule has 1 fully saturated rings. The molecular formula is C11H13Cl2NO. The van der Waals surface area contributed by atoms with Crippen LogP contribution in [0.3, 0.4) is 0 Å². The molecule has 4 heteroatoms. The van der Waals surface area contributed by atoms with Crippen molar-refractivity contribution in [1.82, 2.24) is 5.32 Å². The van der Waals surface area contributed by atoms with Crippen LogP contribution in [0.1, 0.15) is 12.8 Å². The van der Waals surface area contributed by atoms with Crippen molar-refractivity contribution in [3.63, 3.8) is 0 Å². The Bertz CT molecular complexity index is 317. The van der Waals surface area contributed by atoms with Crippen molar-refractivity contribution in [3.8, 4) is 5.75 Å². The number of hydrogen-bond acceptors (Lipinski definition) is 2. The van der Waals surface area contributed by atoms with Gasteiger partial charge < -0.3 is 10.1 Å². The molecule has 1 aromatic rings. The van der Waals surface area contributed by atoms with E-state index in [1.807, 2.05) is 6.07 Å². The molecule has 15 heavy (non-hydrogen) atoms. The molecule has 0 aliphatic carbocycles. The van der Waals surface area contributed by atoms with Gasteiger partial charge in [-0.15, -0.1) is 0 Å². The maximum Gasteiger partial charge on any atom is 0.156 e.